The molecule has 1 heterocycles. The first kappa shape index (κ1) is 11.4. The molecule has 0 aliphatic carbocycles. The minimum Gasteiger partial charge on any atom is -0.481 e. The molecule has 4 nitrogen and oxygen atoms in total. The van der Waals surface area contributed by atoms with E-state index in [0.717, 1.165) is 31.7 Å². The fourth-order valence-corrected chi connectivity index (χ4v) is 2.24. The summed E-state index contributed by atoms with van der Waals surface area (Å²) in [6, 6.07) is 0. The van der Waals surface area contributed by atoms with Crippen LogP contribution >= 0.6 is 11.8 Å². The molecule has 80 valence electrons. The summed E-state index contributed by atoms with van der Waals surface area (Å²) >= 11 is 1.37. The third kappa shape index (κ3) is 4.00. The summed E-state index contributed by atoms with van der Waals surface area (Å²) in [5.74, 6) is 0.159. The van der Waals surface area contributed by atoms with Crippen LogP contribution in [0.2, 0.25) is 0 Å². The molecule has 0 aromatic rings. The van der Waals surface area contributed by atoms with E-state index in [9.17, 15) is 9.59 Å². The maximum absolute atomic E-state index is 11.1. The second-order valence-electron chi connectivity index (χ2n) is 3.31. The monoisotopic (exact) mass is 217 g/mol. The Morgan fingerprint density at radius 3 is 2.79 bits per heavy atom. The summed E-state index contributed by atoms with van der Waals surface area (Å²) in [6.07, 6.45) is 2.76. The Bertz CT molecular complexity index is 220. The van der Waals surface area contributed by atoms with Gasteiger partial charge < -0.3 is 10.0 Å². The summed E-state index contributed by atoms with van der Waals surface area (Å²) in [7, 11) is 0. The Morgan fingerprint density at radius 2 is 2.21 bits per heavy atom. The average Bonchev–Trinajstić information content (AvgIpc) is 2.51. The van der Waals surface area contributed by atoms with Crippen LogP contribution in [0.1, 0.15) is 25.7 Å². The third-order valence-electron chi connectivity index (χ3n) is 2.16. The number of nitrogens with zero attached hydrogens (tertiary/aromatic N) is 1. The summed E-state index contributed by atoms with van der Waals surface area (Å²) in [5.41, 5.74) is 0. The van der Waals surface area contributed by atoms with Crippen LogP contribution < -0.4 is 0 Å². The van der Waals surface area contributed by atoms with Gasteiger partial charge in [0.2, 0.25) is 0 Å². The van der Waals surface area contributed by atoms with Crippen LogP contribution in [0.25, 0.3) is 0 Å². The fraction of sp³-hybridized carbons (Fsp3) is 0.778. The third-order valence-corrected chi connectivity index (χ3v) is 3.06. The van der Waals surface area contributed by atoms with Gasteiger partial charge in [0.05, 0.1) is 0 Å². The van der Waals surface area contributed by atoms with Crippen LogP contribution in [0.3, 0.4) is 0 Å². The van der Waals surface area contributed by atoms with Crippen molar-refractivity contribution in [2.24, 2.45) is 0 Å². The van der Waals surface area contributed by atoms with Gasteiger partial charge in [0.15, 0.2) is 0 Å². The smallest absolute Gasteiger partial charge is 0.303 e. The number of hydrogen-bond donors (Lipinski definition) is 1. The maximum atomic E-state index is 11.1. The number of carboxylic acid groups (broad SMARTS) is 1. The number of aliphatic carboxylic acids is 1. The zero-order valence-corrected chi connectivity index (χ0v) is 8.89. The van der Waals surface area contributed by atoms with Crippen molar-refractivity contribution in [1.82, 2.24) is 4.90 Å². The van der Waals surface area contributed by atoms with Gasteiger partial charge in [-0.1, -0.05) is 18.2 Å². The lowest BCUT2D eigenvalue weighted by molar-refractivity contribution is -0.137. The van der Waals surface area contributed by atoms with Gasteiger partial charge in [-0.05, 0) is 12.8 Å². The van der Waals surface area contributed by atoms with Gasteiger partial charge >= 0.3 is 5.97 Å². The first-order valence-electron chi connectivity index (χ1n) is 4.83. The zero-order chi connectivity index (χ0) is 10.4. The minimum absolute atomic E-state index is 0.170. The predicted molar refractivity (Wildman–Crippen MR) is 55.5 cm³/mol. The van der Waals surface area contributed by atoms with Gasteiger partial charge in [-0.2, -0.15) is 0 Å². The van der Waals surface area contributed by atoms with Gasteiger partial charge in [-0.25, -0.2) is 0 Å². The highest BCUT2D eigenvalue weighted by atomic mass is 32.2. The van der Waals surface area contributed by atoms with Crippen LogP contribution in [0.4, 0.5) is 4.79 Å². The predicted octanol–water partition coefficient (Wildman–Crippen LogP) is 1.80. The number of carbonyl (C=O) groups excluding carboxylic acids is 1. The average molecular weight is 217 g/mol. The van der Waals surface area contributed by atoms with E-state index in [0.29, 0.717) is 6.42 Å². The molecule has 1 N–H and O–H groups in total. The van der Waals surface area contributed by atoms with Crippen LogP contribution in [-0.4, -0.2) is 40.1 Å². The lowest BCUT2D eigenvalue weighted by atomic mass is 10.2. The molecular formula is C9H15NO3S. The number of rotatable bonds is 6. The molecule has 0 bridgehead atoms. The molecule has 0 atom stereocenters. The van der Waals surface area contributed by atoms with Crippen LogP contribution in [0.15, 0.2) is 0 Å². The second-order valence-corrected chi connectivity index (χ2v) is 4.35. The topological polar surface area (TPSA) is 57.6 Å². The molecule has 1 aliphatic heterocycles. The molecule has 0 saturated carbocycles. The number of carbonyl (C=O) groups is 2. The molecule has 14 heavy (non-hydrogen) atoms. The van der Waals surface area contributed by atoms with Gasteiger partial charge in [-0.15, -0.1) is 0 Å². The van der Waals surface area contributed by atoms with E-state index < -0.39 is 5.97 Å². The molecule has 1 amide bonds. The summed E-state index contributed by atoms with van der Waals surface area (Å²) in [4.78, 5) is 23.2. The summed E-state index contributed by atoms with van der Waals surface area (Å²) in [5, 5.41) is 8.57. The van der Waals surface area contributed by atoms with E-state index in [1.165, 1.54) is 11.8 Å². The SMILES string of the molecule is O=C(O)CCCCCN1CCSC1=O. The maximum Gasteiger partial charge on any atom is 0.303 e. The van der Waals surface area contributed by atoms with Gasteiger partial charge in [-0.3, -0.25) is 9.59 Å². The molecule has 1 aliphatic rings. The molecule has 1 fully saturated rings. The van der Waals surface area contributed by atoms with Crippen molar-refractivity contribution in [3.05, 3.63) is 0 Å². The van der Waals surface area contributed by atoms with E-state index in [4.69, 9.17) is 5.11 Å². The first-order chi connectivity index (χ1) is 6.70. The summed E-state index contributed by atoms with van der Waals surface area (Å²) < 4.78 is 0. The Morgan fingerprint density at radius 1 is 1.43 bits per heavy atom. The molecule has 5 heteroatoms. The Kier molecular flexibility index (Phi) is 4.79. The highest BCUT2D eigenvalue weighted by molar-refractivity contribution is 8.13. The minimum atomic E-state index is -0.738. The van der Waals surface area contributed by atoms with E-state index in [2.05, 4.69) is 0 Å². The number of amides is 1. The lowest BCUT2D eigenvalue weighted by Gasteiger charge is -2.13. The standard InChI is InChI=1S/C9H15NO3S/c11-8(12)4-2-1-3-5-10-6-7-14-9(10)13/h1-7H2,(H,11,12). The van der Waals surface area contributed by atoms with Crippen LogP contribution in [-0.2, 0) is 4.79 Å². The normalized spacial score (nSPS) is 16.3. The molecule has 0 unspecified atom stereocenters. The highest BCUT2D eigenvalue weighted by Gasteiger charge is 2.19. The van der Waals surface area contributed by atoms with E-state index in [-0.39, 0.29) is 11.7 Å². The quantitative estimate of drug-likeness (QED) is 0.689. The van der Waals surface area contributed by atoms with Crippen molar-refractivity contribution in [3.63, 3.8) is 0 Å². The van der Waals surface area contributed by atoms with Gasteiger partial charge in [0.25, 0.3) is 5.24 Å². The van der Waals surface area contributed by atoms with Gasteiger partial charge in [0, 0.05) is 25.3 Å². The Hall–Kier alpha value is -0.710. The Labute approximate surface area is 87.7 Å². The van der Waals surface area contributed by atoms with Crippen molar-refractivity contribution in [1.29, 1.82) is 0 Å². The van der Waals surface area contributed by atoms with E-state index >= 15 is 0 Å². The summed E-state index contributed by atoms with van der Waals surface area (Å²) in [6.45, 7) is 1.63. The zero-order valence-electron chi connectivity index (χ0n) is 8.07. The number of thioether (sulfide) groups is 1. The van der Waals surface area contributed by atoms with Crippen molar-refractivity contribution in [3.8, 4) is 0 Å². The van der Waals surface area contributed by atoms with Crippen LogP contribution in [0.5, 0.6) is 0 Å². The van der Waals surface area contributed by atoms with Gasteiger partial charge in [0.1, 0.15) is 0 Å². The number of unbranched alkanes of at least 4 members (excludes halogenated alkanes) is 2. The van der Waals surface area contributed by atoms with Crippen molar-refractivity contribution in [2.75, 3.05) is 18.8 Å². The number of hydrogen-bond acceptors (Lipinski definition) is 3. The molecule has 0 aromatic heterocycles. The largest absolute Gasteiger partial charge is 0.481 e. The molecule has 1 rings (SSSR count). The molecule has 1 saturated heterocycles. The second kappa shape index (κ2) is 5.90. The Balaban J connectivity index is 1.98. The fourth-order valence-electron chi connectivity index (χ4n) is 1.38. The van der Waals surface area contributed by atoms with Crippen molar-refractivity contribution < 1.29 is 14.7 Å². The highest BCUT2D eigenvalue weighted by Crippen LogP contribution is 2.17. The van der Waals surface area contributed by atoms with Crippen LogP contribution in [0, 0.1) is 0 Å². The lowest BCUT2D eigenvalue weighted by Crippen LogP contribution is -2.24. The van der Waals surface area contributed by atoms with E-state index in [1.54, 1.807) is 0 Å². The molecular weight excluding hydrogens is 202 g/mol. The van der Waals surface area contributed by atoms with Crippen molar-refractivity contribution in [2.45, 2.75) is 25.7 Å². The van der Waals surface area contributed by atoms with E-state index in [1.807, 2.05) is 4.90 Å². The number of carboxylic acids is 1. The molecule has 0 spiro atoms. The molecule has 0 radical (unpaired) electrons. The first-order valence-corrected chi connectivity index (χ1v) is 5.82. The van der Waals surface area contributed by atoms with Crippen molar-refractivity contribution >= 4 is 23.0 Å². The molecule has 0 aromatic carbocycles.